The summed E-state index contributed by atoms with van der Waals surface area (Å²) >= 11 is 5.93. The second-order valence-corrected chi connectivity index (χ2v) is 4.34. The van der Waals surface area contributed by atoms with Gasteiger partial charge in [0, 0.05) is 17.7 Å². The van der Waals surface area contributed by atoms with Gasteiger partial charge in [-0.15, -0.1) is 0 Å². The molecule has 2 rings (SSSR count). The topological polar surface area (TPSA) is 43.1 Å². The zero-order chi connectivity index (χ0) is 13.1. The number of anilines is 1. The van der Waals surface area contributed by atoms with Gasteiger partial charge in [-0.1, -0.05) is 29.8 Å². The molecule has 0 spiro atoms. The lowest BCUT2D eigenvalue weighted by atomic mass is 10.0. The van der Waals surface area contributed by atoms with Gasteiger partial charge in [-0.05, 0) is 29.8 Å². The van der Waals surface area contributed by atoms with Gasteiger partial charge in [-0.2, -0.15) is 0 Å². The van der Waals surface area contributed by atoms with Crippen molar-refractivity contribution in [1.82, 2.24) is 0 Å². The van der Waals surface area contributed by atoms with Gasteiger partial charge < -0.3 is 5.73 Å². The lowest BCUT2D eigenvalue weighted by molar-refractivity contribution is 0.0992. The first-order valence-corrected chi connectivity index (χ1v) is 5.77. The quantitative estimate of drug-likeness (QED) is 0.680. The summed E-state index contributed by atoms with van der Waals surface area (Å²) in [6.45, 7) is 0. The Labute approximate surface area is 109 Å². The van der Waals surface area contributed by atoms with Crippen molar-refractivity contribution >= 4 is 23.1 Å². The van der Waals surface area contributed by atoms with E-state index < -0.39 is 5.82 Å². The third-order valence-electron chi connectivity index (χ3n) is 2.60. The van der Waals surface area contributed by atoms with Gasteiger partial charge in [-0.3, -0.25) is 4.79 Å². The van der Waals surface area contributed by atoms with Gasteiger partial charge in [-0.25, -0.2) is 4.39 Å². The highest BCUT2D eigenvalue weighted by Crippen LogP contribution is 2.21. The molecular formula is C14H11ClFNO. The minimum absolute atomic E-state index is 0.0319. The van der Waals surface area contributed by atoms with E-state index >= 15 is 0 Å². The number of ketones is 1. The monoisotopic (exact) mass is 263 g/mol. The predicted octanol–water partition coefficient (Wildman–Crippen LogP) is 3.49. The van der Waals surface area contributed by atoms with Crippen LogP contribution in [0.1, 0.15) is 15.9 Å². The highest BCUT2D eigenvalue weighted by molar-refractivity contribution is 6.34. The second-order valence-electron chi connectivity index (χ2n) is 3.93. The SMILES string of the molecule is Nc1ccc(Cl)c(C(=O)Cc2ccccc2F)c1. The van der Waals surface area contributed by atoms with Crippen LogP contribution in [0, 0.1) is 5.82 Å². The summed E-state index contributed by atoms with van der Waals surface area (Å²) in [5, 5.41) is 0.325. The van der Waals surface area contributed by atoms with Crippen LogP contribution < -0.4 is 5.73 Å². The summed E-state index contributed by atoms with van der Waals surface area (Å²) in [7, 11) is 0. The highest BCUT2D eigenvalue weighted by atomic mass is 35.5. The molecule has 0 aliphatic carbocycles. The third kappa shape index (κ3) is 2.68. The summed E-state index contributed by atoms with van der Waals surface area (Å²) in [5.41, 5.74) is 6.73. The van der Waals surface area contributed by atoms with E-state index in [2.05, 4.69) is 0 Å². The normalized spacial score (nSPS) is 10.3. The lowest BCUT2D eigenvalue weighted by Gasteiger charge is -2.05. The van der Waals surface area contributed by atoms with Crippen molar-refractivity contribution in [1.29, 1.82) is 0 Å². The van der Waals surface area contributed by atoms with Crippen LogP contribution in [0.15, 0.2) is 42.5 Å². The van der Waals surface area contributed by atoms with E-state index in [1.165, 1.54) is 12.1 Å². The molecule has 0 unspecified atom stereocenters. The molecule has 18 heavy (non-hydrogen) atoms. The number of nitrogens with two attached hydrogens (primary N) is 1. The zero-order valence-corrected chi connectivity index (χ0v) is 10.2. The maximum atomic E-state index is 13.4. The molecule has 0 aromatic heterocycles. The molecular weight excluding hydrogens is 253 g/mol. The van der Waals surface area contributed by atoms with Crippen molar-refractivity contribution in [2.75, 3.05) is 5.73 Å². The van der Waals surface area contributed by atoms with E-state index in [-0.39, 0.29) is 12.2 Å². The molecule has 0 atom stereocenters. The molecule has 0 saturated heterocycles. The summed E-state index contributed by atoms with van der Waals surface area (Å²) in [5.74, 6) is -0.650. The molecule has 0 fully saturated rings. The Morgan fingerprint density at radius 3 is 2.67 bits per heavy atom. The molecule has 0 saturated carbocycles. The molecule has 2 aromatic carbocycles. The molecule has 0 bridgehead atoms. The number of carbonyl (C=O) groups excluding carboxylic acids is 1. The largest absolute Gasteiger partial charge is 0.399 e. The molecule has 0 aliphatic heterocycles. The highest BCUT2D eigenvalue weighted by Gasteiger charge is 2.13. The molecule has 0 aliphatic rings. The summed E-state index contributed by atoms with van der Waals surface area (Å²) < 4.78 is 13.4. The van der Waals surface area contributed by atoms with Crippen molar-refractivity contribution < 1.29 is 9.18 Å². The molecule has 2 aromatic rings. The van der Waals surface area contributed by atoms with Crippen molar-refractivity contribution in [3.63, 3.8) is 0 Å². The molecule has 0 radical (unpaired) electrons. The van der Waals surface area contributed by atoms with Gasteiger partial charge in [0.1, 0.15) is 5.82 Å². The Morgan fingerprint density at radius 1 is 1.22 bits per heavy atom. The van der Waals surface area contributed by atoms with Crippen LogP contribution >= 0.6 is 11.6 Å². The minimum Gasteiger partial charge on any atom is -0.399 e. The van der Waals surface area contributed by atoms with Crippen molar-refractivity contribution in [2.24, 2.45) is 0 Å². The minimum atomic E-state index is -0.397. The molecule has 0 amide bonds. The van der Waals surface area contributed by atoms with Crippen LogP contribution in [0.2, 0.25) is 5.02 Å². The fourth-order valence-electron chi connectivity index (χ4n) is 1.67. The first kappa shape index (κ1) is 12.6. The predicted molar refractivity (Wildman–Crippen MR) is 70.3 cm³/mol. The van der Waals surface area contributed by atoms with Crippen LogP contribution in [0.3, 0.4) is 0 Å². The van der Waals surface area contributed by atoms with Gasteiger partial charge in [0.2, 0.25) is 0 Å². The Hall–Kier alpha value is -1.87. The van der Waals surface area contributed by atoms with Crippen molar-refractivity contribution in [3.05, 3.63) is 64.4 Å². The number of rotatable bonds is 3. The first-order chi connectivity index (χ1) is 8.58. The van der Waals surface area contributed by atoms with Gasteiger partial charge in [0.25, 0.3) is 0 Å². The maximum absolute atomic E-state index is 13.4. The van der Waals surface area contributed by atoms with E-state index in [0.717, 1.165) is 0 Å². The number of Topliss-reactive ketones (excluding diaryl/α,β-unsaturated/α-hetero) is 1. The van der Waals surface area contributed by atoms with Crippen molar-refractivity contribution in [2.45, 2.75) is 6.42 Å². The number of carbonyl (C=O) groups is 1. The van der Waals surface area contributed by atoms with Crippen LogP contribution in [-0.2, 0) is 6.42 Å². The van der Waals surface area contributed by atoms with Crippen LogP contribution in [-0.4, -0.2) is 5.78 Å². The number of nitrogen functional groups attached to an aromatic ring is 1. The maximum Gasteiger partial charge on any atom is 0.168 e. The molecule has 2 nitrogen and oxygen atoms in total. The number of hydrogen-bond donors (Lipinski definition) is 1. The summed E-state index contributed by atoms with van der Waals surface area (Å²) in [6, 6.07) is 10.8. The number of halogens is 2. The molecule has 92 valence electrons. The van der Waals surface area contributed by atoms with E-state index in [4.69, 9.17) is 17.3 Å². The van der Waals surface area contributed by atoms with Crippen LogP contribution in [0.4, 0.5) is 10.1 Å². The van der Waals surface area contributed by atoms with Gasteiger partial charge >= 0.3 is 0 Å². The van der Waals surface area contributed by atoms with Crippen LogP contribution in [0.25, 0.3) is 0 Å². The van der Waals surface area contributed by atoms with E-state index in [1.807, 2.05) is 0 Å². The van der Waals surface area contributed by atoms with Gasteiger partial charge in [0.05, 0.1) is 5.02 Å². The fourth-order valence-corrected chi connectivity index (χ4v) is 1.89. The van der Waals surface area contributed by atoms with E-state index in [1.54, 1.807) is 30.3 Å². The average Bonchev–Trinajstić information content (AvgIpc) is 2.35. The Morgan fingerprint density at radius 2 is 1.94 bits per heavy atom. The van der Waals surface area contributed by atoms with Crippen LogP contribution in [0.5, 0.6) is 0 Å². The first-order valence-electron chi connectivity index (χ1n) is 5.39. The Balaban J connectivity index is 2.28. The zero-order valence-electron chi connectivity index (χ0n) is 9.49. The van der Waals surface area contributed by atoms with E-state index in [9.17, 15) is 9.18 Å². The molecule has 0 heterocycles. The lowest BCUT2D eigenvalue weighted by Crippen LogP contribution is -2.06. The summed E-state index contributed by atoms with van der Waals surface area (Å²) in [6.07, 6.45) is -0.0319. The second kappa shape index (κ2) is 5.19. The van der Waals surface area contributed by atoms with E-state index in [0.29, 0.717) is 21.8 Å². The van der Waals surface area contributed by atoms with Crippen molar-refractivity contribution in [3.8, 4) is 0 Å². The Kier molecular flexibility index (Phi) is 3.63. The standard InChI is InChI=1S/C14H11ClFNO/c15-12-6-5-10(17)8-11(12)14(18)7-9-3-1-2-4-13(9)16/h1-6,8H,7,17H2. The Bertz CT molecular complexity index is 598. The average molecular weight is 264 g/mol. The summed E-state index contributed by atoms with van der Waals surface area (Å²) in [4.78, 5) is 12.0. The van der Waals surface area contributed by atoms with Gasteiger partial charge in [0.15, 0.2) is 5.78 Å². The smallest absolute Gasteiger partial charge is 0.168 e. The molecule has 2 N–H and O–H groups in total. The number of benzene rings is 2. The molecule has 4 heteroatoms. The number of hydrogen-bond acceptors (Lipinski definition) is 2. The third-order valence-corrected chi connectivity index (χ3v) is 2.93. The fraction of sp³-hybridized carbons (Fsp3) is 0.0714.